The van der Waals surface area contributed by atoms with Crippen molar-refractivity contribution < 1.29 is 47.3 Å². The predicted molar refractivity (Wildman–Crippen MR) is 131 cm³/mol. The molecule has 1 aliphatic rings. The molecule has 0 spiro atoms. The fourth-order valence-electron chi connectivity index (χ4n) is 4.10. The Labute approximate surface area is 235 Å². The van der Waals surface area contributed by atoms with Crippen molar-refractivity contribution in [2.75, 3.05) is 13.2 Å². The molecule has 7 heteroatoms. The first-order valence-electron chi connectivity index (χ1n) is 10.9. The number of rotatable bonds is 10. The molecule has 33 heavy (non-hydrogen) atoms. The largest absolute Gasteiger partial charge is 0.484 e. The molecule has 3 nitrogen and oxygen atoms in total. The second-order valence-electron chi connectivity index (χ2n) is 8.22. The smallest absolute Gasteiger partial charge is 0.174 e. The molecule has 0 aliphatic heterocycles. The third-order valence-corrected chi connectivity index (χ3v) is 8.19. The van der Waals surface area contributed by atoms with Crippen LogP contribution in [0.2, 0.25) is 0 Å². The van der Waals surface area contributed by atoms with Gasteiger partial charge in [-0.25, -0.2) is 0 Å². The van der Waals surface area contributed by atoms with Gasteiger partial charge in [-0.3, -0.25) is 0 Å². The Hall–Kier alpha value is -0.456. The molecule has 5 atom stereocenters. The molecule has 1 fully saturated rings. The Morgan fingerprint density at radius 3 is 2.58 bits per heavy atom. The van der Waals surface area contributed by atoms with E-state index in [2.05, 4.69) is 6.07 Å². The topological polar surface area (TPSA) is 38.7 Å². The summed E-state index contributed by atoms with van der Waals surface area (Å²) >= 11 is 14.6. The normalized spacial score (nSPS) is 23.1. The maximum atomic E-state index is 10.6. The summed E-state index contributed by atoms with van der Waals surface area (Å²) in [5, 5.41) is 11.1. The molecule has 0 bridgehead atoms. The van der Waals surface area contributed by atoms with Crippen molar-refractivity contribution in [1.29, 1.82) is 0 Å². The van der Waals surface area contributed by atoms with Gasteiger partial charge >= 0.3 is 0 Å². The molecule has 0 amide bonds. The molecule has 4 rings (SSSR count). The van der Waals surface area contributed by atoms with Crippen molar-refractivity contribution >= 4 is 34.5 Å². The van der Waals surface area contributed by atoms with Crippen molar-refractivity contribution in [3.8, 4) is 5.06 Å². The third kappa shape index (κ3) is 7.77. The van der Waals surface area contributed by atoms with Gasteiger partial charge in [0.1, 0.15) is 0 Å². The van der Waals surface area contributed by atoms with E-state index in [1.165, 1.54) is 11.3 Å². The number of aliphatic hydroxyl groups is 1. The number of alkyl halides is 2. The third-order valence-electron chi connectivity index (χ3n) is 5.88. The van der Waals surface area contributed by atoms with E-state index in [9.17, 15) is 5.11 Å². The fraction of sp³-hybridized carbons (Fsp3) is 0.385. The Morgan fingerprint density at radius 2 is 1.82 bits per heavy atom. The summed E-state index contributed by atoms with van der Waals surface area (Å²) in [5.41, 5.74) is 2.21. The van der Waals surface area contributed by atoms with Crippen molar-refractivity contribution in [2.45, 2.75) is 36.3 Å². The number of ether oxygens (including phenoxy) is 2. The quantitative estimate of drug-likeness (QED) is 0.228. The molecule has 1 aliphatic carbocycles. The minimum absolute atomic E-state index is 0. The minimum atomic E-state index is -0.546. The summed E-state index contributed by atoms with van der Waals surface area (Å²) in [7, 11) is 0. The monoisotopic (exact) mass is 578 g/mol. The van der Waals surface area contributed by atoms with Gasteiger partial charge in [-0.2, -0.15) is 30.3 Å². The maximum absolute atomic E-state index is 10.6. The molecule has 1 heterocycles. The molecule has 1 saturated carbocycles. The van der Waals surface area contributed by atoms with E-state index in [1.54, 1.807) is 0 Å². The Bertz CT molecular complexity index is 956. The van der Waals surface area contributed by atoms with Gasteiger partial charge < -0.3 is 14.6 Å². The number of benzene rings is 2. The first kappa shape index (κ1) is 27.1. The maximum Gasteiger partial charge on any atom is 0.174 e. The molecular formula is C26H27Cl2O3SY-. The van der Waals surface area contributed by atoms with Crippen molar-refractivity contribution in [3.05, 3.63) is 88.8 Å². The van der Waals surface area contributed by atoms with Gasteiger partial charge in [-0.15, -0.1) is 40.1 Å². The minimum Gasteiger partial charge on any atom is -0.484 e. The van der Waals surface area contributed by atoms with E-state index >= 15 is 0 Å². The summed E-state index contributed by atoms with van der Waals surface area (Å²) in [6, 6.07) is 24.7. The van der Waals surface area contributed by atoms with Crippen LogP contribution in [0.4, 0.5) is 0 Å². The Balaban J connectivity index is 0.00000306. The molecule has 2 aromatic carbocycles. The number of hydrogen-bond donors (Lipinski definition) is 1. The van der Waals surface area contributed by atoms with Crippen molar-refractivity contribution in [2.24, 2.45) is 11.8 Å². The summed E-state index contributed by atoms with van der Waals surface area (Å²) < 4.78 is 12.0. The van der Waals surface area contributed by atoms with Gasteiger partial charge in [0.25, 0.3) is 0 Å². The number of hydrogen-bond acceptors (Lipinski definition) is 4. The number of thiophene rings is 1. The summed E-state index contributed by atoms with van der Waals surface area (Å²) in [6.45, 7) is 1.63. The van der Waals surface area contributed by atoms with Gasteiger partial charge in [-0.05, 0) is 30.0 Å². The van der Waals surface area contributed by atoms with Gasteiger partial charge in [0.15, 0.2) is 5.06 Å². The molecule has 1 radical (unpaired) electrons. The number of halogens is 2. The second-order valence-corrected chi connectivity index (χ2v) is 10.4. The molecule has 3 unspecified atom stereocenters. The Kier molecular flexibility index (Phi) is 11.2. The van der Waals surface area contributed by atoms with Crippen LogP contribution in [0.5, 0.6) is 5.06 Å². The molecule has 3 aromatic rings. The van der Waals surface area contributed by atoms with Gasteiger partial charge in [0.2, 0.25) is 0 Å². The fourth-order valence-corrected chi connectivity index (χ4v) is 5.75. The second kappa shape index (κ2) is 13.6. The van der Waals surface area contributed by atoms with E-state index in [0.717, 1.165) is 27.5 Å². The zero-order valence-electron chi connectivity index (χ0n) is 18.3. The molecule has 1 aromatic heterocycles. The zero-order valence-corrected chi connectivity index (χ0v) is 23.4. The van der Waals surface area contributed by atoms with Crippen LogP contribution in [-0.2, 0) is 50.5 Å². The first-order chi connectivity index (χ1) is 15.6. The van der Waals surface area contributed by atoms with Crippen molar-refractivity contribution in [1.82, 2.24) is 0 Å². The van der Waals surface area contributed by atoms with Crippen LogP contribution in [0.25, 0.3) is 0 Å². The van der Waals surface area contributed by atoms with Gasteiger partial charge in [0, 0.05) is 63.1 Å². The SMILES string of the molecule is OC(Cc1ccccc1)c1ccc(OC[C@H]2C(Cl)C(Cl)C[C@@H]2COCc2c[c-]ccc2)s1.[Y]. The summed E-state index contributed by atoms with van der Waals surface area (Å²) in [5.74, 6) is 0.358. The van der Waals surface area contributed by atoms with E-state index in [4.69, 9.17) is 32.7 Å². The molecule has 0 saturated heterocycles. The van der Waals surface area contributed by atoms with Crippen LogP contribution in [-0.4, -0.2) is 29.1 Å². The van der Waals surface area contributed by atoms with Crippen LogP contribution in [0.15, 0.2) is 66.7 Å². The molecule has 173 valence electrons. The van der Waals surface area contributed by atoms with E-state index in [0.29, 0.717) is 26.2 Å². The molecular weight excluding hydrogens is 552 g/mol. The van der Waals surface area contributed by atoms with E-state index in [-0.39, 0.29) is 55.3 Å². The van der Waals surface area contributed by atoms with Crippen LogP contribution in [0.3, 0.4) is 0 Å². The van der Waals surface area contributed by atoms with Crippen LogP contribution >= 0.6 is 34.5 Å². The average molecular weight is 579 g/mol. The summed E-state index contributed by atoms with van der Waals surface area (Å²) in [6.07, 6.45) is 0.853. The zero-order chi connectivity index (χ0) is 22.3. The van der Waals surface area contributed by atoms with Gasteiger partial charge in [-0.1, -0.05) is 30.3 Å². The van der Waals surface area contributed by atoms with Crippen LogP contribution < -0.4 is 4.74 Å². The number of aliphatic hydroxyl groups excluding tert-OH is 1. The summed E-state index contributed by atoms with van der Waals surface area (Å²) in [4.78, 5) is 0.896. The van der Waals surface area contributed by atoms with Gasteiger partial charge in [0.05, 0.1) is 23.5 Å². The average Bonchev–Trinajstić information content (AvgIpc) is 3.39. The van der Waals surface area contributed by atoms with Crippen LogP contribution in [0, 0.1) is 17.9 Å². The van der Waals surface area contributed by atoms with E-state index < -0.39 is 6.10 Å². The van der Waals surface area contributed by atoms with Crippen molar-refractivity contribution in [3.63, 3.8) is 0 Å². The Morgan fingerprint density at radius 1 is 1.03 bits per heavy atom. The standard InChI is InChI=1S/C26H27Cl2O3S.Y/c27-22-14-20(16-30-15-19-9-5-2-6-10-19)21(26(22)28)17-31-25-12-11-24(32-25)23(29)13-18-7-3-1-4-8-18;/h1-5,7-12,20-23,26,29H,13-17H2;/q-1;/t20-,21-,22?,23?,26?;/m1./s1. The van der Waals surface area contributed by atoms with Crippen LogP contribution in [0.1, 0.15) is 28.5 Å². The predicted octanol–water partition coefficient (Wildman–Crippen LogP) is 6.27. The molecule has 1 N–H and O–H groups in total. The van der Waals surface area contributed by atoms with E-state index in [1.807, 2.05) is 66.7 Å². The first-order valence-corrected chi connectivity index (χ1v) is 12.5.